The summed E-state index contributed by atoms with van der Waals surface area (Å²) in [6.45, 7) is 1.96. The van der Waals surface area contributed by atoms with Crippen molar-refractivity contribution in [3.8, 4) is 17.1 Å². The van der Waals surface area contributed by atoms with E-state index in [4.69, 9.17) is 25.5 Å². The molecular weight excluding hydrogens is 370 g/mol. The fourth-order valence-electron chi connectivity index (χ4n) is 2.82. The van der Waals surface area contributed by atoms with Crippen LogP contribution in [0.4, 0.5) is 0 Å². The van der Waals surface area contributed by atoms with Gasteiger partial charge >= 0.3 is 0 Å². The first-order chi connectivity index (χ1) is 13.2. The molecular formula is C19H18ClN3O4. The highest BCUT2D eigenvalue weighted by Gasteiger charge is 2.20. The predicted octanol–water partition coefficient (Wildman–Crippen LogP) is 2.93. The van der Waals surface area contributed by atoms with Crippen molar-refractivity contribution in [2.45, 2.75) is 6.10 Å². The second-order valence-electron chi connectivity index (χ2n) is 6.06. The second kappa shape index (κ2) is 7.96. The van der Waals surface area contributed by atoms with Gasteiger partial charge in [-0.1, -0.05) is 11.6 Å². The second-order valence-corrected chi connectivity index (χ2v) is 6.49. The van der Waals surface area contributed by atoms with E-state index in [0.717, 1.165) is 5.69 Å². The maximum atomic E-state index is 12.6. The highest BCUT2D eigenvalue weighted by Crippen LogP contribution is 2.25. The number of furan rings is 1. The molecule has 0 spiro atoms. The highest BCUT2D eigenvalue weighted by atomic mass is 35.5. The Balaban J connectivity index is 1.58. The van der Waals surface area contributed by atoms with E-state index < -0.39 is 0 Å². The molecule has 2 aromatic heterocycles. The number of benzene rings is 1. The van der Waals surface area contributed by atoms with Crippen LogP contribution in [0.5, 0.6) is 0 Å². The van der Waals surface area contributed by atoms with Gasteiger partial charge in [0.2, 0.25) is 0 Å². The Hall–Kier alpha value is -2.61. The zero-order valence-corrected chi connectivity index (χ0v) is 15.2. The molecule has 8 heteroatoms. The molecule has 1 N–H and O–H groups in total. The lowest BCUT2D eigenvalue weighted by Crippen LogP contribution is -2.39. The number of hydrogen-bond acceptors (Lipinski definition) is 5. The number of hydrogen-bond donors (Lipinski definition) is 1. The number of halogens is 1. The lowest BCUT2D eigenvalue weighted by molar-refractivity contribution is -0.0855. The van der Waals surface area contributed by atoms with Gasteiger partial charge in [0.15, 0.2) is 11.5 Å². The molecule has 140 valence electrons. The van der Waals surface area contributed by atoms with E-state index >= 15 is 0 Å². The third-order valence-electron chi connectivity index (χ3n) is 4.16. The van der Waals surface area contributed by atoms with Crippen molar-refractivity contribution < 1.29 is 18.7 Å². The number of carbonyl (C=O) groups excluding carboxylic acids is 1. The van der Waals surface area contributed by atoms with Crippen molar-refractivity contribution in [2.75, 3.05) is 26.4 Å². The average Bonchev–Trinajstić information content (AvgIpc) is 3.37. The highest BCUT2D eigenvalue weighted by molar-refractivity contribution is 6.30. The maximum absolute atomic E-state index is 12.6. The van der Waals surface area contributed by atoms with Gasteiger partial charge in [-0.15, -0.1) is 0 Å². The Bertz CT molecular complexity index is 900. The van der Waals surface area contributed by atoms with Gasteiger partial charge in [0.05, 0.1) is 37.9 Å². The van der Waals surface area contributed by atoms with Crippen molar-refractivity contribution in [2.24, 2.45) is 0 Å². The summed E-state index contributed by atoms with van der Waals surface area (Å²) in [5.74, 6) is 0.324. The number of nitrogens with one attached hydrogen (secondary N) is 1. The van der Waals surface area contributed by atoms with E-state index in [1.807, 2.05) is 18.2 Å². The SMILES string of the molecule is O=C(NC[C@H]1COCCO1)c1cc(-c2ccco2)n(-c2ccc(Cl)cc2)n1. The molecule has 0 bridgehead atoms. The number of aromatic nitrogens is 2. The average molecular weight is 388 g/mol. The Morgan fingerprint density at radius 1 is 1.26 bits per heavy atom. The van der Waals surface area contributed by atoms with E-state index in [0.29, 0.717) is 42.8 Å². The van der Waals surface area contributed by atoms with Crippen molar-refractivity contribution in [1.29, 1.82) is 0 Å². The van der Waals surface area contributed by atoms with Crippen molar-refractivity contribution in [3.05, 3.63) is 59.4 Å². The lowest BCUT2D eigenvalue weighted by atomic mass is 10.2. The van der Waals surface area contributed by atoms with Crippen LogP contribution in [0.15, 0.2) is 53.1 Å². The third kappa shape index (κ3) is 4.05. The molecule has 3 heterocycles. The summed E-state index contributed by atoms with van der Waals surface area (Å²) in [5, 5.41) is 7.93. The summed E-state index contributed by atoms with van der Waals surface area (Å²) in [6, 6.07) is 12.5. The zero-order chi connectivity index (χ0) is 18.6. The van der Waals surface area contributed by atoms with Crippen molar-refractivity contribution >= 4 is 17.5 Å². The smallest absolute Gasteiger partial charge is 0.271 e. The molecule has 0 radical (unpaired) electrons. The molecule has 0 unspecified atom stereocenters. The standard InChI is InChI=1S/C19H18ClN3O4/c20-13-3-5-14(6-4-13)23-17(18-2-1-7-27-18)10-16(22-23)19(24)21-11-15-12-25-8-9-26-15/h1-7,10,15H,8-9,11-12H2,(H,21,24)/t15-/m0/s1. The van der Waals surface area contributed by atoms with Gasteiger partial charge in [0, 0.05) is 17.6 Å². The third-order valence-corrected chi connectivity index (χ3v) is 4.41. The van der Waals surface area contributed by atoms with Gasteiger partial charge in [0.1, 0.15) is 5.69 Å². The van der Waals surface area contributed by atoms with Crippen LogP contribution in [0.2, 0.25) is 5.02 Å². The normalized spacial score (nSPS) is 17.0. The molecule has 1 aromatic carbocycles. The molecule has 1 aliphatic heterocycles. The largest absolute Gasteiger partial charge is 0.463 e. The Labute approximate surface area is 160 Å². The van der Waals surface area contributed by atoms with Gasteiger partial charge in [-0.3, -0.25) is 4.79 Å². The lowest BCUT2D eigenvalue weighted by Gasteiger charge is -2.22. The van der Waals surface area contributed by atoms with Gasteiger partial charge in [-0.2, -0.15) is 5.10 Å². The molecule has 4 rings (SSSR count). The van der Waals surface area contributed by atoms with Crippen molar-refractivity contribution in [3.63, 3.8) is 0 Å². The Kier molecular flexibility index (Phi) is 5.24. The molecule has 1 amide bonds. The molecule has 0 aliphatic carbocycles. The number of ether oxygens (including phenoxy) is 2. The van der Waals surface area contributed by atoms with E-state index in [9.17, 15) is 4.79 Å². The number of nitrogens with zero attached hydrogens (tertiary/aromatic N) is 2. The first-order valence-corrected chi connectivity index (χ1v) is 8.96. The van der Waals surface area contributed by atoms with Crippen LogP contribution in [0, 0.1) is 0 Å². The van der Waals surface area contributed by atoms with Crippen LogP contribution in [0.1, 0.15) is 10.5 Å². The molecule has 3 aromatic rings. The first-order valence-electron chi connectivity index (χ1n) is 8.58. The number of carbonyl (C=O) groups is 1. The van der Waals surface area contributed by atoms with Crippen molar-refractivity contribution in [1.82, 2.24) is 15.1 Å². The van der Waals surface area contributed by atoms with Gasteiger partial charge in [-0.25, -0.2) is 4.68 Å². The predicted molar refractivity (Wildman–Crippen MR) is 99.2 cm³/mol. The molecule has 1 atom stereocenters. The molecule has 0 saturated carbocycles. The minimum atomic E-state index is -0.287. The minimum absolute atomic E-state index is 0.148. The maximum Gasteiger partial charge on any atom is 0.271 e. The summed E-state index contributed by atoms with van der Waals surface area (Å²) < 4.78 is 18.0. The number of amides is 1. The zero-order valence-electron chi connectivity index (χ0n) is 14.4. The summed E-state index contributed by atoms with van der Waals surface area (Å²) in [4.78, 5) is 12.6. The van der Waals surface area contributed by atoms with Crippen LogP contribution in [0.25, 0.3) is 17.1 Å². The Morgan fingerprint density at radius 3 is 2.81 bits per heavy atom. The summed E-state index contributed by atoms with van der Waals surface area (Å²) in [6.07, 6.45) is 1.43. The molecule has 27 heavy (non-hydrogen) atoms. The van der Waals surface area contributed by atoms with Gasteiger partial charge in [0.25, 0.3) is 5.91 Å². The molecule has 1 saturated heterocycles. The quantitative estimate of drug-likeness (QED) is 0.728. The van der Waals surface area contributed by atoms with Crippen LogP contribution in [-0.4, -0.2) is 48.2 Å². The minimum Gasteiger partial charge on any atom is -0.463 e. The first kappa shape index (κ1) is 17.8. The Morgan fingerprint density at radius 2 is 2.11 bits per heavy atom. The van der Waals surface area contributed by atoms with Crippen LogP contribution < -0.4 is 5.32 Å². The molecule has 1 fully saturated rings. The summed E-state index contributed by atoms with van der Waals surface area (Å²) >= 11 is 5.97. The van der Waals surface area contributed by atoms with Crippen LogP contribution in [-0.2, 0) is 9.47 Å². The summed E-state index contributed by atoms with van der Waals surface area (Å²) in [5.41, 5.74) is 1.73. The fraction of sp³-hybridized carbons (Fsp3) is 0.263. The van der Waals surface area contributed by atoms with E-state index in [-0.39, 0.29) is 17.7 Å². The topological polar surface area (TPSA) is 78.5 Å². The van der Waals surface area contributed by atoms with E-state index in [1.54, 1.807) is 35.2 Å². The van der Waals surface area contributed by atoms with Gasteiger partial charge in [-0.05, 0) is 36.4 Å². The van der Waals surface area contributed by atoms with E-state index in [2.05, 4.69) is 10.4 Å². The molecule has 7 nitrogen and oxygen atoms in total. The fourth-order valence-corrected chi connectivity index (χ4v) is 2.95. The monoisotopic (exact) mass is 387 g/mol. The van der Waals surface area contributed by atoms with Crippen LogP contribution >= 0.6 is 11.6 Å². The van der Waals surface area contributed by atoms with Crippen LogP contribution in [0.3, 0.4) is 0 Å². The van der Waals surface area contributed by atoms with Gasteiger partial charge < -0.3 is 19.2 Å². The van der Waals surface area contributed by atoms with E-state index in [1.165, 1.54) is 0 Å². The number of rotatable bonds is 5. The summed E-state index contributed by atoms with van der Waals surface area (Å²) in [7, 11) is 0. The molecule has 1 aliphatic rings.